The van der Waals surface area contributed by atoms with Gasteiger partial charge in [0, 0.05) is 23.1 Å². The van der Waals surface area contributed by atoms with Crippen LogP contribution in [-0.2, 0) is 13.0 Å². The Labute approximate surface area is 188 Å². The Morgan fingerprint density at radius 1 is 0.968 bits per heavy atom. The van der Waals surface area contributed by atoms with Gasteiger partial charge in [-0.15, -0.1) is 11.8 Å². The van der Waals surface area contributed by atoms with Crippen molar-refractivity contribution in [2.75, 3.05) is 32.8 Å². The maximum atomic E-state index is 5.99. The normalized spacial score (nSPS) is 15.9. The summed E-state index contributed by atoms with van der Waals surface area (Å²) in [4.78, 5) is 3.68. The average molecular weight is 440 g/mol. The van der Waals surface area contributed by atoms with Gasteiger partial charge in [0.2, 0.25) is 5.75 Å². The Morgan fingerprint density at radius 3 is 2.32 bits per heavy atom. The Kier molecular flexibility index (Phi) is 6.66. The van der Waals surface area contributed by atoms with E-state index in [9.17, 15) is 0 Å². The van der Waals surface area contributed by atoms with Crippen LogP contribution in [0.1, 0.15) is 35.7 Å². The summed E-state index contributed by atoms with van der Waals surface area (Å²) in [6, 6.07) is 16.9. The fraction of sp³-hybridized carbons (Fsp3) is 0.360. The molecule has 4 rings (SSSR count). The van der Waals surface area contributed by atoms with Crippen molar-refractivity contribution in [3.8, 4) is 17.2 Å². The summed E-state index contributed by atoms with van der Waals surface area (Å²) < 4.78 is 22.7. The number of fused-ring (bicyclic) bond motifs is 1. The maximum absolute atomic E-state index is 5.99. The number of para-hydroxylation sites is 1. The van der Waals surface area contributed by atoms with Crippen LogP contribution in [0.3, 0.4) is 0 Å². The number of ether oxygens (including phenoxy) is 3. The van der Waals surface area contributed by atoms with Gasteiger partial charge in [0.25, 0.3) is 0 Å². The molecule has 0 unspecified atom stereocenters. The van der Waals surface area contributed by atoms with Gasteiger partial charge in [0.05, 0.1) is 33.6 Å². The minimum atomic E-state index is 0.266. The maximum Gasteiger partial charge on any atom is 0.203 e. The van der Waals surface area contributed by atoms with Crippen molar-refractivity contribution in [3.63, 3.8) is 0 Å². The number of methoxy groups -OCH3 is 3. The van der Waals surface area contributed by atoms with E-state index in [-0.39, 0.29) is 5.25 Å². The number of furan rings is 1. The Hall–Kier alpha value is -2.73. The number of hydrogen-bond acceptors (Lipinski definition) is 6. The van der Waals surface area contributed by atoms with Crippen molar-refractivity contribution < 1.29 is 18.6 Å². The Balaban J connectivity index is 1.65. The summed E-state index contributed by atoms with van der Waals surface area (Å²) in [5, 5.41) is 0.266. The quantitative estimate of drug-likeness (QED) is 0.442. The highest BCUT2D eigenvalue weighted by Crippen LogP contribution is 2.48. The van der Waals surface area contributed by atoms with Crippen molar-refractivity contribution in [1.29, 1.82) is 0 Å². The van der Waals surface area contributed by atoms with Gasteiger partial charge < -0.3 is 23.5 Å². The number of anilines is 1. The molecular weight excluding hydrogens is 410 g/mol. The second-order valence-electron chi connectivity index (χ2n) is 7.46. The first-order valence-corrected chi connectivity index (χ1v) is 11.4. The topological polar surface area (TPSA) is 44.1 Å². The van der Waals surface area contributed by atoms with E-state index in [1.54, 1.807) is 21.3 Å². The molecule has 0 N–H and O–H groups in total. The second kappa shape index (κ2) is 9.60. The van der Waals surface area contributed by atoms with Crippen LogP contribution >= 0.6 is 11.8 Å². The molecular formula is C25H29NO4S. The molecule has 0 radical (unpaired) electrons. The molecule has 1 atom stereocenters. The number of aryl methyl sites for hydroxylation is 1. The smallest absolute Gasteiger partial charge is 0.203 e. The van der Waals surface area contributed by atoms with Gasteiger partial charge >= 0.3 is 0 Å². The third-order valence-corrected chi connectivity index (χ3v) is 7.00. The third kappa shape index (κ3) is 4.49. The van der Waals surface area contributed by atoms with E-state index in [1.807, 2.05) is 11.8 Å². The largest absolute Gasteiger partial charge is 0.493 e. The highest BCUT2D eigenvalue weighted by Gasteiger charge is 2.26. The molecule has 1 aliphatic rings. The van der Waals surface area contributed by atoms with Gasteiger partial charge in [0.15, 0.2) is 11.5 Å². The van der Waals surface area contributed by atoms with E-state index < -0.39 is 0 Å². The number of thioether (sulfide) groups is 1. The molecule has 0 saturated carbocycles. The fourth-order valence-electron chi connectivity index (χ4n) is 4.00. The molecule has 2 aromatic carbocycles. The lowest BCUT2D eigenvalue weighted by molar-refractivity contribution is 0.323. The lowest BCUT2D eigenvalue weighted by Crippen LogP contribution is -2.23. The molecule has 3 aromatic rings. The first-order valence-electron chi connectivity index (χ1n) is 10.5. The van der Waals surface area contributed by atoms with E-state index in [4.69, 9.17) is 18.6 Å². The first kappa shape index (κ1) is 21.5. The van der Waals surface area contributed by atoms with Crippen LogP contribution in [0.25, 0.3) is 0 Å². The van der Waals surface area contributed by atoms with Crippen LogP contribution in [0.5, 0.6) is 17.2 Å². The molecule has 0 amide bonds. The Bertz CT molecular complexity index is 1010. The lowest BCUT2D eigenvalue weighted by atomic mass is 10.1. The summed E-state index contributed by atoms with van der Waals surface area (Å²) >= 11 is 1.88. The van der Waals surface area contributed by atoms with Gasteiger partial charge in [0.1, 0.15) is 11.5 Å². The monoisotopic (exact) mass is 439 g/mol. The van der Waals surface area contributed by atoms with Crippen LogP contribution in [-0.4, -0.2) is 27.9 Å². The zero-order valence-electron chi connectivity index (χ0n) is 18.5. The van der Waals surface area contributed by atoms with Crippen LogP contribution in [0.15, 0.2) is 57.8 Å². The molecule has 0 spiro atoms. The molecule has 0 saturated heterocycles. The van der Waals surface area contributed by atoms with Crippen molar-refractivity contribution in [2.24, 2.45) is 0 Å². The fourth-order valence-corrected chi connectivity index (χ4v) is 5.27. The van der Waals surface area contributed by atoms with Crippen molar-refractivity contribution >= 4 is 17.4 Å². The molecule has 164 valence electrons. The highest BCUT2D eigenvalue weighted by atomic mass is 32.2. The number of hydrogen-bond donors (Lipinski definition) is 0. The molecule has 0 bridgehead atoms. The van der Waals surface area contributed by atoms with Crippen LogP contribution in [0.2, 0.25) is 0 Å². The summed E-state index contributed by atoms with van der Waals surface area (Å²) in [6.07, 6.45) is 1.90. The zero-order valence-corrected chi connectivity index (χ0v) is 19.3. The van der Waals surface area contributed by atoms with Crippen LogP contribution in [0.4, 0.5) is 5.69 Å². The van der Waals surface area contributed by atoms with Gasteiger partial charge in [-0.25, -0.2) is 0 Å². The highest BCUT2D eigenvalue weighted by molar-refractivity contribution is 7.99. The number of benzene rings is 2. The third-order valence-electron chi connectivity index (χ3n) is 5.61. The predicted molar refractivity (Wildman–Crippen MR) is 125 cm³/mol. The molecule has 5 nitrogen and oxygen atoms in total. The molecule has 1 aromatic heterocycles. The van der Waals surface area contributed by atoms with Crippen LogP contribution < -0.4 is 19.1 Å². The molecule has 1 aliphatic heterocycles. The molecule has 6 heteroatoms. The van der Waals surface area contributed by atoms with Crippen molar-refractivity contribution in [1.82, 2.24) is 0 Å². The predicted octanol–water partition coefficient (Wildman–Crippen LogP) is 6.11. The Morgan fingerprint density at radius 2 is 1.68 bits per heavy atom. The lowest BCUT2D eigenvalue weighted by Gasteiger charge is -2.23. The summed E-state index contributed by atoms with van der Waals surface area (Å²) in [5.41, 5.74) is 2.42. The van der Waals surface area contributed by atoms with Crippen molar-refractivity contribution in [2.45, 2.75) is 36.5 Å². The summed E-state index contributed by atoms with van der Waals surface area (Å²) in [6.45, 7) is 3.80. The van der Waals surface area contributed by atoms with E-state index >= 15 is 0 Å². The first-order chi connectivity index (χ1) is 15.2. The summed E-state index contributed by atoms with van der Waals surface area (Å²) in [7, 11) is 4.95. The van der Waals surface area contributed by atoms with Crippen LogP contribution in [0, 0.1) is 0 Å². The van der Waals surface area contributed by atoms with E-state index in [1.165, 1.54) is 16.1 Å². The zero-order chi connectivity index (χ0) is 21.8. The minimum absolute atomic E-state index is 0.266. The number of nitrogens with zero attached hydrogens (tertiary/aromatic N) is 1. The van der Waals surface area contributed by atoms with Crippen molar-refractivity contribution in [3.05, 3.63) is 65.6 Å². The van der Waals surface area contributed by atoms with Gasteiger partial charge in [-0.2, -0.15) is 0 Å². The molecule has 0 fully saturated rings. The van der Waals surface area contributed by atoms with Gasteiger partial charge in [-0.3, -0.25) is 0 Å². The molecule has 31 heavy (non-hydrogen) atoms. The standard InChI is InChI=1S/C25H29NO4S/c1-5-18-10-11-19(30-18)16-26-13-12-23(31-24-9-7-6-8-20(24)26)17-14-21(27-2)25(29-4)22(15-17)28-3/h6-11,14-15,23H,5,12-13,16H2,1-4H3/t23-/m1/s1. The van der Waals surface area contributed by atoms with E-state index in [2.05, 4.69) is 60.4 Å². The molecule has 2 heterocycles. The SMILES string of the molecule is CCc1ccc(CN2CC[C@H](c3cc(OC)c(OC)c(OC)c3)Sc3ccccc32)o1. The van der Waals surface area contributed by atoms with Gasteiger partial charge in [-0.05, 0) is 48.4 Å². The van der Waals surface area contributed by atoms with E-state index in [0.29, 0.717) is 17.2 Å². The van der Waals surface area contributed by atoms with Gasteiger partial charge in [-0.1, -0.05) is 19.1 Å². The summed E-state index contributed by atoms with van der Waals surface area (Å²) in [5.74, 6) is 4.04. The average Bonchev–Trinajstić information content (AvgIpc) is 3.19. The second-order valence-corrected chi connectivity index (χ2v) is 8.71. The van der Waals surface area contributed by atoms with E-state index in [0.717, 1.165) is 37.5 Å². The molecule has 0 aliphatic carbocycles. The minimum Gasteiger partial charge on any atom is -0.493 e. The number of rotatable bonds is 7.